The lowest BCUT2D eigenvalue weighted by atomic mass is 10.1. The standard InChI is InChI=1S/C21H21N5O/c22-17(8-14-4-2-1-3-5-14)11-24-20-13-23-12-19(25-20)15-6-7-18-16(9-15)10-21(27)26-18/h1-7,9,12-13,17H,8,10-11,22H2,(H,24,25)(H,26,27)/t17-/m1/s1. The Balaban J connectivity index is 1.42. The van der Waals surface area contributed by atoms with Gasteiger partial charge in [0.1, 0.15) is 5.82 Å². The van der Waals surface area contributed by atoms with E-state index in [1.165, 1.54) is 5.56 Å². The van der Waals surface area contributed by atoms with E-state index in [-0.39, 0.29) is 11.9 Å². The minimum atomic E-state index is -0.0186. The first-order chi connectivity index (χ1) is 13.2. The molecule has 0 saturated carbocycles. The van der Waals surface area contributed by atoms with Crippen molar-refractivity contribution in [3.05, 3.63) is 72.1 Å². The molecule has 0 fully saturated rings. The van der Waals surface area contributed by atoms with Crippen LogP contribution in [-0.2, 0) is 17.6 Å². The third-order valence-corrected chi connectivity index (χ3v) is 4.55. The molecular weight excluding hydrogens is 338 g/mol. The molecule has 1 amide bonds. The topological polar surface area (TPSA) is 92.9 Å². The fraction of sp³-hybridized carbons (Fsp3) is 0.190. The molecular formula is C21H21N5O. The third kappa shape index (κ3) is 4.12. The monoisotopic (exact) mass is 359 g/mol. The van der Waals surface area contributed by atoms with E-state index in [0.29, 0.717) is 18.8 Å². The van der Waals surface area contributed by atoms with E-state index in [1.807, 2.05) is 36.4 Å². The van der Waals surface area contributed by atoms with Gasteiger partial charge in [-0.2, -0.15) is 0 Å². The maximum absolute atomic E-state index is 11.5. The summed E-state index contributed by atoms with van der Waals surface area (Å²) < 4.78 is 0. The van der Waals surface area contributed by atoms with E-state index in [0.717, 1.165) is 28.9 Å². The molecule has 0 saturated heterocycles. The Morgan fingerprint density at radius 3 is 2.85 bits per heavy atom. The van der Waals surface area contributed by atoms with Gasteiger partial charge in [0.15, 0.2) is 0 Å². The van der Waals surface area contributed by atoms with Gasteiger partial charge in [0.25, 0.3) is 0 Å². The fourth-order valence-corrected chi connectivity index (χ4v) is 3.20. The minimum absolute atomic E-state index is 0.0186. The second kappa shape index (κ2) is 7.55. The van der Waals surface area contributed by atoms with E-state index in [4.69, 9.17) is 5.73 Å². The smallest absolute Gasteiger partial charge is 0.228 e. The lowest BCUT2D eigenvalue weighted by Gasteiger charge is -2.13. The molecule has 0 unspecified atom stereocenters. The Labute approximate surface area is 157 Å². The highest BCUT2D eigenvalue weighted by Crippen LogP contribution is 2.28. The quantitative estimate of drug-likeness (QED) is 0.629. The zero-order valence-electron chi connectivity index (χ0n) is 14.9. The van der Waals surface area contributed by atoms with Crippen molar-refractivity contribution in [2.24, 2.45) is 5.73 Å². The lowest BCUT2D eigenvalue weighted by Crippen LogP contribution is -2.31. The van der Waals surface area contributed by atoms with Gasteiger partial charge in [0.2, 0.25) is 5.91 Å². The zero-order valence-corrected chi connectivity index (χ0v) is 14.9. The van der Waals surface area contributed by atoms with Crippen molar-refractivity contribution in [1.82, 2.24) is 9.97 Å². The molecule has 1 atom stereocenters. The molecule has 1 aromatic heterocycles. The minimum Gasteiger partial charge on any atom is -0.367 e. The van der Waals surface area contributed by atoms with Crippen LogP contribution in [0.2, 0.25) is 0 Å². The van der Waals surface area contributed by atoms with Crippen molar-refractivity contribution >= 4 is 17.4 Å². The van der Waals surface area contributed by atoms with Crippen molar-refractivity contribution in [1.29, 1.82) is 0 Å². The highest BCUT2D eigenvalue weighted by Gasteiger charge is 2.18. The molecule has 0 radical (unpaired) electrons. The number of anilines is 2. The summed E-state index contributed by atoms with van der Waals surface area (Å²) >= 11 is 0. The predicted molar refractivity (Wildman–Crippen MR) is 106 cm³/mol. The number of hydrogen-bond acceptors (Lipinski definition) is 5. The van der Waals surface area contributed by atoms with Gasteiger partial charge in [-0.15, -0.1) is 0 Å². The number of benzene rings is 2. The van der Waals surface area contributed by atoms with Crippen LogP contribution in [0.4, 0.5) is 11.5 Å². The van der Waals surface area contributed by atoms with Crippen LogP contribution in [0.15, 0.2) is 60.9 Å². The summed E-state index contributed by atoms with van der Waals surface area (Å²) in [5, 5.41) is 6.11. The average Bonchev–Trinajstić information content (AvgIpc) is 3.06. The van der Waals surface area contributed by atoms with Crippen molar-refractivity contribution in [3.8, 4) is 11.3 Å². The maximum atomic E-state index is 11.5. The number of nitrogens with two attached hydrogens (primary N) is 1. The van der Waals surface area contributed by atoms with Crippen LogP contribution in [0.25, 0.3) is 11.3 Å². The van der Waals surface area contributed by atoms with Crippen LogP contribution in [0, 0.1) is 0 Å². The van der Waals surface area contributed by atoms with E-state index in [9.17, 15) is 4.79 Å². The molecule has 27 heavy (non-hydrogen) atoms. The Bertz CT molecular complexity index is 958. The molecule has 0 aliphatic carbocycles. The van der Waals surface area contributed by atoms with Crippen LogP contribution in [0.5, 0.6) is 0 Å². The van der Waals surface area contributed by atoms with Gasteiger partial charge in [-0.1, -0.05) is 36.4 Å². The van der Waals surface area contributed by atoms with Crippen molar-refractivity contribution in [3.63, 3.8) is 0 Å². The predicted octanol–water partition coefficient (Wildman–Crippen LogP) is 2.62. The summed E-state index contributed by atoms with van der Waals surface area (Å²) in [5.74, 6) is 0.710. The summed E-state index contributed by atoms with van der Waals surface area (Å²) in [6.07, 6.45) is 4.62. The fourth-order valence-electron chi connectivity index (χ4n) is 3.20. The summed E-state index contributed by atoms with van der Waals surface area (Å²) in [4.78, 5) is 20.4. The first kappa shape index (κ1) is 17.2. The Morgan fingerprint density at radius 2 is 2.00 bits per heavy atom. The Morgan fingerprint density at radius 1 is 1.15 bits per heavy atom. The van der Waals surface area contributed by atoms with Gasteiger partial charge >= 0.3 is 0 Å². The molecule has 2 aromatic carbocycles. The molecule has 3 aromatic rings. The van der Waals surface area contributed by atoms with Gasteiger partial charge in [0, 0.05) is 23.8 Å². The van der Waals surface area contributed by atoms with Crippen LogP contribution >= 0.6 is 0 Å². The SMILES string of the molecule is N[C@@H](CNc1cncc(-c2ccc3c(c2)CC(=O)N3)n1)Cc1ccccc1. The van der Waals surface area contributed by atoms with Crippen molar-refractivity contribution in [2.75, 3.05) is 17.2 Å². The van der Waals surface area contributed by atoms with Gasteiger partial charge in [-0.05, 0) is 29.7 Å². The summed E-state index contributed by atoms with van der Waals surface area (Å²) in [6, 6.07) is 16.0. The third-order valence-electron chi connectivity index (χ3n) is 4.55. The molecule has 4 N–H and O–H groups in total. The number of fused-ring (bicyclic) bond motifs is 1. The number of nitrogens with one attached hydrogen (secondary N) is 2. The van der Waals surface area contributed by atoms with Crippen molar-refractivity contribution in [2.45, 2.75) is 18.9 Å². The molecule has 2 heterocycles. The number of nitrogens with zero attached hydrogens (tertiary/aromatic N) is 2. The molecule has 4 rings (SSSR count). The number of carbonyl (C=O) groups is 1. The first-order valence-corrected chi connectivity index (χ1v) is 8.96. The summed E-state index contributed by atoms with van der Waals surface area (Å²) in [6.45, 7) is 0.607. The van der Waals surface area contributed by atoms with E-state index in [2.05, 4.69) is 32.7 Å². The largest absolute Gasteiger partial charge is 0.367 e. The lowest BCUT2D eigenvalue weighted by molar-refractivity contribution is -0.115. The number of hydrogen-bond donors (Lipinski definition) is 3. The summed E-state index contributed by atoms with van der Waals surface area (Å²) in [7, 11) is 0. The van der Waals surface area contributed by atoms with Gasteiger partial charge < -0.3 is 16.4 Å². The number of aromatic nitrogens is 2. The van der Waals surface area contributed by atoms with Crippen LogP contribution in [-0.4, -0.2) is 28.5 Å². The second-order valence-corrected chi connectivity index (χ2v) is 6.72. The van der Waals surface area contributed by atoms with E-state index >= 15 is 0 Å². The molecule has 6 heteroatoms. The van der Waals surface area contributed by atoms with Crippen LogP contribution in [0.3, 0.4) is 0 Å². The average molecular weight is 359 g/mol. The number of carbonyl (C=O) groups excluding carboxylic acids is 1. The van der Waals surface area contributed by atoms with Crippen LogP contribution in [0.1, 0.15) is 11.1 Å². The zero-order chi connectivity index (χ0) is 18.6. The molecule has 1 aliphatic rings. The highest BCUT2D eigenvalue weighted by molar-refractivity contribution is 5.99. The summed E-state index contributed by atoms with van der Waals surface area (Å²) in [5.41, 5.74) is 11.0. The number of rotatable bonds is 6. The second-order valence-electron chi connectivity index (χ2n) is 6.72. The molecule has 0 spiro atoms. The van der Waals surface area contributed by atoms with Crippen molar-refractivity contribution < 1.29 is 4.79 Å². The van der Waals surface area contributed by atoms with Gasteiger partial charge in [-0.3, -0.25) is 9.78 Å². The van der Waals surface area contributed by atoms with Gasteiger partial charge in [-0.25, -0.2) is 4.98 Å². The Hall–Kier alpha value is -3.25. The van der Waals surface area contributed by atoms with Crippen LogP contribution < -0.4 is 16.4 Å². The highest BCUT2D eigenvalue weighted by atomic mass is 16.1. The molecule has 136 valence electrons. The molecule has 1 aliphatic heterocycles. The molecule has 0 bridgehead atoms. The molecule has 6 nitrogen and oxygen atoms in total. The maximum Gasteiger partial charge on any atom is 0.228 e. The first-order valence-electron chi connectivity index (χ1n) is 8.96. The normalized spacial score (nSPS) is 13.7. The number of amides is 1. The van der Waals surface area contributed by atoms with E-state index in [1.54, 1.807) is 12.4 Å². The van der Waals surface area contributed by atoms with E-state index < -0.39 is 0 Å². The Kier molecular flexibility index (Phi) is 4.80. The van der Waals surface area contributed by atoms with Gasteiger partial charge in [0.05, 0.1) is 24.5 Å².